The topological polar surface area (TPSA) is 75.1 Å². The number of alkyl halides is 3. The molecule has 1 saturated carbocycles. The first-order valence-electron chi connectivity index (χ1n) is 5.27. The molecule has 18 heavy (non-hydrogen) atoms. The summed E-state index contributed by atoms with van der Waals surface area (Å²) in [5.41, 5.74) is -1.79. The van der Waals surface area contributed by atoms with Gasteiger partial charge in [-0.3, -0.25) is 0 Å². The highest BCUT2D eigenvalue weighted by Gasteiger charge is 2.35. The van der Waals surface area contributed by atoms with Crippen LogP contribution in [0.25, 0.3) is 5.65 Å². The molecule has 1 fully saturated rings. The number of nitrogens with zero attached hydrogens (tertiary/aromatic N) is 3. The summed E-state index contributed by atoms with van der Waals surface area (Å²) in [5.74, 6) is -0.124. The Morgan fingerprint density at radius 1 is 1.44 bits per heavy atom. The molecule has 1 aliphatic carbocycles. The Bertz CT molecular complexity index is 654. The fraction of sp³-hybridized carbons (Fsp3) is 0.444. The molecule has 2 aromatic heterocycles. The zero-order chi connectivity index (χ0) is 12.9. The van der Waals surface area contributed by atoms with Crippen LogP contribution >= 0.6 is 0 Å². The molecular formula is C9H8F3N5O. The van der Waals surface area contributed by atoms with Crippen LogP contribution in [0.2, 0.25) is 0 Å². The highest BCUT2D eigenvalue weighted by Crippen LogP contribution is 2.30. The number of halogens is 3. The first-order valence-corrected chi connectivity index (χ1v) is 5.27. The van der Waals surface area contributed by atoms with E-state index in [-0.39, 0.29) is 17.6 Å². The van der Waals surface area contributed by atoms with E-state index in [4.69, 9.17) is 0 Å². The van der Waals surface area contributed by atoms with Gasteiger partial charge in [-0.1, -0.05) is 0 Å². The van der Waals surface area contributed by atoms with Crippen molar-refractivity contribution in [2.24, 2.45) is 0 Å². The predicted octanol–water partition coefficient (Wildman–Crippen LogP) is 1.01. The highest BCUT2D eigenvalue weighted by atomic mass is 19.4. The van der Waals surface area contributed by atoms with Crippen molar-refractivity contribution in [1.82, 2.24) is 19.6 Å². The number of rotatable bonds is 2. The molecule has 2 aromatic rings. The Kier molecular flexibility index (Phi) is 2.13. The Balaban J connectivity index is 2.20. The Morgan fingerprint density at radius 2 is 2.17 bits per heavy atom. The first-order chi connectivity index (χ1) is 8.45. The van der Waals surface area contributed by atoms with Crippen LogP contribution in [0.1, 0.15) is 18.5 Å². The molecule has 0 bridgehead atoms. The molecule has 96 valence electrons. The maximum atomic E-state index is 12.6. The van der Waals surface area contributed by atoms with Crippen LogP contribution in [0.5, 0.6) is 0 Å². The lowest BCUT2D eigenvalue weighted by molar-refractivity contribution is -0.141. The molecule has 0 unspecified atom stereocenters. The fourth-order valence-electron chi connectivity index (χ4n) is 1.58. The van der Waals surface area contributed by atoms with Gasteiger partial charge in [-0.25, -0.2) is 19.3 Å². The number of nitrogens with one attached hydrogen (secondary N) is 2. The zero-order valence-electron chi connectivity index (χ0n) is 8.95. The molecule has 0 atom stereocenters. The quantitative estimate of drug-likeness (QED) is 0.844. The fourth-order valence-corrected chi connectivity index (χ4v) is 1.58. The van der Waals surface area contributed by atoms with Crippen LogP contribution in [-0.2, 0) is 6.18 Å². The number of aromatic amines is 1. The number of H-pyrrole nitrogens is 1. The molecule has 0 spiro atoms. The van der Waals surface area contributed by atoms with Gasteiger partial charge in [0.15, 0.2) is 11.3 Å². The van der Waals surface area contributed by atoms with E-state index in [1.165, 1.54) is 0 Å². The van der Waals surface area contributed by atoms with Gasteiger partial charge in [0.25, 0.3) is 0 Å². The third-order valence-electron chi connectivity index (χ3n) is 2.60. The largest absolute Gasteiger partial charge is 0.433 e. The van der Waals surface area contributed by atoms with Crippen molar-refractivity contribution in [1.29, 1.82) is 0 Å². The van der Waals surface area contributed by atoms with Crippen LogP contribution in [0.4, 0.5) is 19.1 Å². The standard InChI is InChI=1S/C9H8F3N5O/c10-9(11,12)5-3-6-15-16-8(18)17(6)7(14-5)13-4-1-2-4/h3-4H,1-2H2,(H,13,14)(H,16,18). The van der Waals surface area contributed by atoms with Gasteiger partial charge in [-0.2, -0.15) is 18.3 Å². The van der Waals surface area contributed by atoms with Crippen LogP contribution in [0, 0.1) is 0 Å². The van der Waals surface area contributed by atoms with Crippen molar-refractivity contribution in [3.05, 3.63) is 22.2 Å². The van der Waals surface area contributed by atoms with Crippen molar-refractivity contribution < 1.29 is 13.2 Å². The van der Waals surface area contributed by atoms with E-state index < -0.39 is 17.6 Å². The molecule has 2 heterocycles. The summed E-state index contributed by atoms with van der Waals surface area (Å²) < 4.78 is 38.9. The van der Waals surface area contributed by atoms with E-state index in [0.29, 0.717) is 0 Å². The summed E-state index contributed by atoms with van der Waals surface area (Å²) in [4.78, 5) is 14.9. The number of fused-ring (bicyclic) bond motifs is 1. The minimum Gasteiger partial charge on any atom is -0.352 e. The maximum absolute atomic E-state index is 12.6. The van der Waals surface area contributed by atoms with Crippen molar-refractivity contribution in [3.8, 4) is 0 Å². The van der Waals surface area contributed by atoms with Crippen molar-refractivity contribution in [3.63, 3.8) is 0 Å². The summed E-state index contributed by atoms with van der Waals surface area (Å²) in [7, 11) is 0. The van der Waals surface area contributed by atoms with Crippen molar-refractivity contribution in [2.45, 2.75) is 25.1 Å². The number of aromatic nitrogens is 4. The first kappa shape index (κ1) is 11.1. The SMILES string of the molecule is O=c1[nH]nc2cc(C(F)(F)F)nc(NC3CC3)n12. The van der Waals surface area contributed by atoms with E-state index in [9.17, 15) is 18.0 Å². The molecule has 1 aliphatic rings. The summed E-state index contributed by atoms with van der Waals surface area (Å²) in [5, 5.41) is 8.42. The average molecular weight is 259 g/mol. The lowest BCUT2D eigenvalue weighted by Crippen LogP contribution is -2.20. The Labute approximate surface area is 97.8 Å². The summed E-state index contributed by atoms with van der Waals surface area (Å²) in [6, 6.07) is 0.807. The van der Waals surface area contributed by atoms with Crippen LogP contribution in [-0.4, -0.2) is 25.6 Å². The van der Waals surface area contributed by atoms with Crippen molar-refractivity contribution in [2.75, 3.05) is 5.32 Å². The second-order valence-corrected chi connectivity index (χ2v) is 4.10. The normalized spacial score (nSPS) is 16.2. The second kappa shape index (κ2) is 3.47. The number of anilines is 1. The van der Waals surface area contributed by atoms with Gasteiger partial charge in [0.2, 0.25) is 5.95 Å². The van der Waals surface area contributed by atoms with Crippen molar-refractivity contribution >= 4 is 11.6 Å². The molecule has 3 rings (SSSR count). The maximum Gasteiger partial charge on any atom is 0.433 e. The number of hydrogen-bond donors (Lipinski definition) is 2. The molecule has 6 nitrogen and oxygen atoms in total. The van der Waals surface area contributed by atoms with E-state index in [0.717, 1.165) is 23.3 Å². The number of hydrogen-bond acceptors (Lipinski definition) is 4. The van der Waals surface area contributed by atoms with Gasteiger partial charge >= 0.3 is 11.9 Å². The third-order valence-corrected chi connectivity index (χ3v) is 2.60. The molecule has 0 radical (unpaired) electrons. The monoisotopic (exact) mass is 259 g/mol. The lowest BCUT2D eigenvalue weighted by atomic mass is 10.4. The average Bonchev–Trinajstić information content (AvgIpc) is 3.01. The molecule has 2 N–H and O–H groups in total. The predicted molar refractivity (Wildman–Crippen MR) is 55.3 cm³/mol. The van der Waals surface area contributed by atoms with Gasteiger partial charge in [0.1, 0.15) is 0 Å². The minimum absolute atomic E-state index is 0.0750. The summed E-state index contributed by atoms with van der Waals surface area (Å²) in [6.45, 7) is 0. The van der Waals surface area contributed by atoms with Crippen LogP contribution in [0.15, 0.2) is 10.9 Å². The van der Waals surface area contributed by atoms with Gasteiger partial charge < -0.3 is 5.32 Å². The second-order valence-electron chi connectivity index (χ2n) is 4.10. The van der Waals surface area contributed by atoms with E-state index >= 15 is 0 Å². The van der Waals surface area contributed by atoms with Gasteiger partial charge in [-0.15, -0.1) is 0 Å². The molecular weight excluding hydrogens is 251 g/mol. The third kappa shape index (κ3) is 1.81. The molecule has 0 saturated heterocycles. The Hall–Kier alpha value is -2.06. The van der Waals surface area contributed by atoms with E-state index in [1.807, 2.05) is 0 Å². The van der Waals surface area contributed by atoms with Gasteiger partial charge in [0.05, 0.1) is 0 Å². The van der Waals surface area contributed by atoms with Crippen LogP contribution in [0.3, 0.4) is 0 Å². The van der Waals surface area contributed by atoms with E-state index in [1.54, 1.807) is 0 Å². The minimum atomic E-state index is -4.57. The molecule has 9 heteroatoms. The van der Waals surface area contributed by atoms with Gasteiger partial charge in [-0.05, 0) is 12.8 Å². The van der Waals surface area contributed by atoms with Gasteiger partial charge in [0, 0.05) is 12.1 Å². The van der Waals surface area contributed by atoms with Crippen LogP contribution < -0.4 is 11.0 Å². The lowest BCUT2D eigenvalue weighted by Gasteiger charge is -2.10. The molecule has 0 aliphatic heterocycles. The smallest absolute Gasteiger partial charge is 0.352 e. The summed E-state index contributed by atoms with van der Waals surface area (Å²) in [6.07, 6.45) is -2.87. The highest BCUT2D eigenvalue weighted by molar-refractivity contribution is 5.47. The zero-order valence-corrected chi connectivity index (χ0v) is 8.95. The summed E-state index contributed by atoms with van der Waals surface area (Å²) >= 11 is 0. The molecule has 0 aromatic carbocycles. The molecule has 0 amide bonds. The van der Waals surface area contributed by atoms with E-state index in [2.05, 4.69) is 20.5 Å². The Morgan fingerprint density at radius 3 is 2.78 bits per heavy atom.